The van der Waals surface area contributed by atoms with Crippen LogP contribution in [0.25, 0.3) is 22.3 Å². The zero-order valence-electron chi connectivity index (χ0n) is 42.7. The highest BCUT2D eigenvalue weighted by atomic mass is 127. The molecule has 0 saturated heterocycles. The van der Waals surface area contributed by atoms with Crippen molar-refractivity contribution in [2.24, 2.45) is 7.05 Å². The molecule has 0 atom stereocenters. The van der Waals surface area contributed by atoms with Crippen molar-refractivity contribution in [3.8, 4) is 63.1 Å². The molecule has 0 aliphatic carbocycles. The second-order valence-corrected chi connectivity index (χ2v) is 21.7. The number of pyridine rings is 1. The summed E-state index contributed by atoms with van der Waals surface area (Å²) in [6, 6.07) is 67.1. The molecule has 8 nitrogen and oxygen atoms in total. The smallest absolute Gasteiger partial charge is 0.244 e. The molecule has 0 bridgehead atoms. The van der Waals surface area contributed by atoms with Crippen molar-refractivity contribution in [2.75, 3.05) is 33.0 Å². The Morgan fingerprint density at radius 1 is 0.408 bits per heavy atom. The fourth-order valence-electron chi connectivity index (χ4n) is 8.13. The van der Waals surface area contributed by atoms with Gasteiger partial charge >= 0.3 is 0 Å². The first-order chi connectivity index (χ1) is 37.0. The first-order valence-electron chi connectivity index (χ1n) is 25.6. The molecule has 0 saturated carbocycles. The number of benzene rings is 7. The van der Waals surface area contributed by atoms with Crippen molar-refractivity contribution < 1.29 is 52.2 Å². The molecule has 1 heterocycles. The highest BCUT2D eigenvalue weighted by Crippen LogP contribution is 2.38. The Labute approximate surface area is 478 Å². The van der Waals surface area contributed by atoms with Crippen LogP contribution in [0.15, 0.2) is 214 Å². The second-order valence-electron chi connectivity index (χ2n) is 17.7. The predicted octanol–water partition coefficient (Wildman–Crippen LogP) is 13.1. The van der Waals surface area contributed by atoms with Gasteiger partial charge in [0.1, 0.15) is 42.4 Å². The largest absolute Gasteiger partial charge is 1.00 e. The summed E-state index contributed by atoms with van der Waals surface area (Å²) in [4.78, 5) is 3.45. The zero-order valence-corrected chi connectivity index (χ0v) is 47.3. The van der Waals surface area contributed by atoms with Crippen LogP contribution in [-0.4, -0.2) is 37.6 Å². The summed E-state index contributed by atoms with van der Waals surface area (Å²) >= 11 is 5.30. The normalized spacial score (nSPS) is 10.7. The third-order valence-electron chi connectivity index (χ3n) is 12.2. The number of ether oxygens (including phenoxy) is 5. The topological polar surface area (TPSA) is 97.6 Å². The van der Waals surface area contributed by atoms with Gasteiger partial charge in [0, 0.05) is 26.8 Å². The molecule has 1 aromatic heterocycles. The molecule has 8 rings (SSSR count). The van der Waals surface area contributed by atoms with E-state index < -0.39 is 0 Å². The van der Waals surface area contributed by atoms with Crippen LogP contribution in [0.5, 0.6) is 28.7 Å². The summed E-state index contributed by atoms with van der Waals surface area (Å²) in [7, 11) is 2.06. The number of nitriles is 2. The number of hydrogen-bond acceptors (Lipinski definition) is 10. The lowest BCUT2D eigenvalue weighted by atomic mass is 10.0. The Bertz CT molecular complexity index is 2910. The van der Waals surface area contributed by atoms with Gasteiger partial charge in [0.2, 0.25) is 5.03 Å². The molecule has 76 heavy (non-hydrogen) atoms. The van der Waals surface area contributed by atoms with Crippen LogP contribution in [0.4, 0.5) is 0 Å². The van der Waals surface area contributed by atoms with Gasteiger partial charge in [0.25, 0.3) is 0 Å². The predicted molar refractivity (Wildman–Crippen MR) is 304 cm³/mol. The molecule has 8 aromatic rings. The van der Waals surface area contributed by atoms with Crippen molar-refractivity contribution in [3.63, 3.8) is 0 Å². The average molecular weight is 1180 g/mol. The van der Waals surface area contributed by atoms with Gasteiger partial charge < -0.3 is 47.7 Å². The summed E-state index contributed by atoms with van der Waals surface area (Å²) < 4.78 is 32.9. The van der Waals surface area contributed by atoms with E-state index in [0.29, 0.717) is 44.2 Å². The first kappa shape index (κ1) is 57.2. The molecular formula is C64H62IN3O5S3. The van der Waals surface area contributed by atoms with Crippen molar-refractivity contribution in [1.82, 2.24) is 0 Å². The molecule has 0 spiro atoms. The average Bonchev–Trinajstić information content (AvgIpc) is 3.46. The fraction of sp³-hybridized carbons (Fsp3) is 0.234. The number of thioether (sulfide) groups is 2. The van der Waals surface area contributed by atoms with E-state index in [2.05, 4.69) is 115 Å². The van der Waals surface area contributed by atoms with Gasteiger partial charge in [-0.1, -0.05) is 60.7 Å². The Morgan fingerprint density at radius 2 is 0.763 bits per heavy atom. The Kier molecular flexibility index (Phi) is 23.7. The lowest BCUT2D eigenvalue weighted by Gasteiger charge is -2.18. The Morgan fingerprint density at radius 3 is 1.16 bits per heavy atom. The molecule has 7 aromatic carbocycles. The highest BCUT2D eigenvalue weighted by Gasteiger charge is 2.16. The van der Waals surface area contributed by atoms with Crippen molar-refractivity contribution in [3.05, 3.63) is 205 Å². The monoisotopic (exact) mass is 1180 g/mol. The second kappa shape index (κ2) is 31.5. The standard InChI is InChI=1S/C64H62N3O5S3.HI/c1-67-41-11-10-20-63(67)73-58-35-33-57(34-36-58)72-48-64(74-59-37-29-55(30-38-59)70-44-14-4-2-12-42-68-53-25-21-49(22-26-53)61-18-8-6-16-51(61)46-65)75-60-39-31-56(32-40-60)71-45-15-5-3-13-43-69-54-27-23-50(24-28-54)62-19-9-7-17-52(62)47-66;/h6-11,16-41,64H,2-5,12-15,42-45,48H2,1H3;1H/q+1;/p-1. The van der Waals surface area contributed by atoms with Gasteiger partial charge in [-0.2, -0.15) is 15.1 Å². The minimum atomic E-state index is 0. The minimum Gasteiger partial charge on any atom is -1.00 e. The SMILES string of the molecule is C[n+]1ccccc1Sc1ccc(OCC(Sc2ccc(OCCCCCCOc3ccc(-c4ccccc4C#N)cc3)cc2)Sc2ccc(OCCCCCCOc3ccc(-c4ccccc4C#N)cc3)cc2)cc1.[I-]. The molecule has 0 N–H and O–H groups in total. The third kappa shape index (κ3) is 18.3. The fourth-order valence-corrected chi connectivity index (χ4v) is 11.3. The summed E-state index contributed by atoms with van der Waals surface area (Å²) in [5, 5.41) is 20.1. The van der Waals surface area contributed by atoms with Crippen LogP contribution in [0, 0.1) is 22.7 Å². The van der Waals surface area contributed by atoms with Crippen molar-refractivity contribution in [2.45, 2.75) is 75.7 Å². The summed E-state index contributed by atoms with van der Waals surface area (Å²) in [5.41, 5.74) is 5.23. The van der Waals surface area contributed by atoms with Gasteiger partial charge in [0.15, 0.2) is 6.20 Å². The van der Waals surface area contributed by atoms with E-state index in [1.165, 1.54) is 5.03 Å². The molecule has 0 radical (unpaired) electrons. The molecule has 0 unspecified atom stereocenters. The van der Waals surface area contributed by atoms with Crippen LogP contribution in [0.3, 0.4) is 0 Å². The van der Waals surface area contributed by atoms with E-state index in [-0.39, 0.29) is 28.6 Å². The molecule has 0 aliphatic rings. The highest BCUT2D eigenvalue weighted by molar-refractivity contribution is 8.17. The van der Waals surface area contributed by atoms with E-state index >= 15 is 0 Å². The number of rotatable bonds is 29. The number of unbranched alkanes of at least 4 members (excludes halogenated alkanes) is 6. The maximum absolute atomic E-state index is 9.44. The van der Waals surface area contributed by atoms with Gasteiger partial charge in [-0.3, -0.25) is 0 Å². The zero-order chi connectivity index (χ0) is 51.7. The van der Waals surface area contributed by atoms with Gasteiger partial charge in [-0.15, -0.1) is 23.5 Å². The molecule has 12 heteroatoms. The van der Waals surface area contributed by atoms with Crippen LogP contribution in [0.1, 0.15) is 62.5 Å². The van der Waals surface area contributed by atoms with Gasteiger partial charge in [-0.25, -0.2) is 0 Å². The number of aryl methyl sites for hydroxylation is 1. The van der Waals surface area contributed by atoms with Crippen LogP contribution in [0.2, 0.25) is 0 Å². The molecular weight excluding hydrogens is 1110 g/mol. The Hall–Kier alpha value is -6.55. The quantitative estimate of drug-likeness (QED) is 0.0148. The lowest BCUT2D eigenvalue weighted by molar-refractivity contribution is -0.708. The van der Waals surface area contributed by atoms with E-state index in [0.717, 1.165) is 117 Å². The van der Waals surface area contributed by atoms with E-state index in [1.54, 1.807) is 35.3 Å². The van der Waals surface area contributed by atoms with Crippen LogP contribution >= 0.6 is 35.3 Å². The molecule has 0 aliphatic heterocycles. The number of halogens is 1. The van der Waals surface area contributed by atoms with Gasteiger partial charge in [0.05, 0.1) is 54.3 Å². The number of hydrogen-bond donors (Lipinski definition) is 0. The molecule has 388 valence electrons. The minimum absolute atomic E-state index is 0. The third-order valence-corrected chi connectivity index (χ3v) is 15.8. The van der Waals surface area contributed by atoms with Crippen LogP contribution in [-0.2, 0) is 7.05 Å². The number of aromatic nitrogens is 1. The summed E-state index contributed by atoms with van der Waals surface area (Å²) in [5.74, 6) is 4.26. The van der Waals surface area contributed by atoms with Crippen molar-refractivity contribution in [1.29, 1.82) is 10.5 Å². The maximum atomic E-state index is 9.44. The van der Waals surface area contributed by atoms with Crippen LogP contribution < -0.4 is 52.2 Å². The first-order valence-corrected chi connectivity index (χ1v) is 28.2. The van der Waals surface area contributed by atoms with E-state index in [4.69, 9.17) is 23.7 Å². The number of nitrogens with zero attached hydrogens (tertiary/aromatic N) is 3. The summed E-state index contributed by atoms with van der Waals surface area (Å²) in [6.45, 7) is 3.18. The summed E-state index contributed by atoms with van der Waals surface area (Å²) in [6.07, 6.45) is 10.2. The maximum Gasteiger partial charge on any atom is 0.244 e. The van der Waals surface area contributed by atoms with Crippen molar-refractivity contribution >= 4 is 35.3 Å². The molecule has 0 fully saturated rings. The molecule has 0 amide bonds. The van der Waals surface area contributed by atoms with E-state index in [9.17, 15) is 10.5 Å². The van der Waals surface area contributed by atoms with E-state index in [1.807, 2.05) is 103 Å². The van der Waals surface area contributed by atoms with Gasteiger partial charge in [-0.05, 0) is 201 Å². The Balaban J connectivity index is 0.00000840. The lowest BCUT2D eigenvalue weighted by Crippen LogP contribution is -3.00.